The van der Waals surface area contributed by atoms with E-state index in [2.05, 4.69) is 45.2 Å². The molecule has 0 amide bonds. The average Bonchev–Trinajstić information content (AvgIpc) is 2.24. The Hall–Kier alpha value is -0.890. The predicted molar refractivity (Wildman–Crippen MR) is 71.5 cm³/mol. The fourth-order valence-corrected chi connectivity index (χ4v) is 2.00. The summed E-state index contributed by atoms with van der Waals surface area (Å²) in [5.41, 5.74) is -0.112. The summed E-state index contributed by atoms with van der Waals surface area (Å²) in [6.45, 7) is 8.33. The van der Waals surface area contributed by atoms with Gasteiger partial charge in [0.2, 0.25) is 0 Å². The maximum atomic E-state index is 5.85. The topological polar surface area (TPSA) is 9.23 Å². The Morgan fingerprint density at radius 1 is 1.25 bits per heavy atom. The molecule has 0 saturated heterocycles. The molecule has 1 nitrogen and oxygen atoms in total. The molecule has 2 heteroatoms. The second-order valence-electron chi connectivity index (χ2n) is 4.58. The van der Waals surface area contributed by atoms with Crippen molar-refractivity contribution in [2.75, 3.05) is 0 Å². The lowest BCUT2D eigenvalue weighted by Gasteiger charge is -2.22. The van der Waals surface area contributed by atoms with Crippen LogP contribution in [-0.4, -0.2) is 5.60 Å². The highest BCUT2D eigenvalue weighted by Crippen LogP contribution is 2.24. The van der Waals surface area contributed by atoms with Crippen molar-refractivity contribution in [1.29, 1.82) is 0 Å². The van der Waals surface area contributed by atoms with Gasteiger partial charge in [0.1, 0.15) is 11.4 Å². The van der Waals surface area contributed by atoms with Crippen LogP contribution in [0.1, 0.15) is 34.1 Å². The zero-order valence-corrected chi connectivity index (χ0v) is 11.3. The van der Waals surface area contributed by atoms with Crippen molar-refractivity contribution in [2.24, 2.45) is 0 Å². The number of rotatable bonds is 4. The molecule has 16 heavy (non-hydrogen) atoms. The molecule has 1 rings (SSSR count). The zero-order chi connectivity index (χ0) is 12.0. The van der Waals surface area contributed by atoms with Crippen LogP contribution in [0.2, 0.25) is 0 Å². The molecule has 0 aromatic heterocycles. The first-order chi connectivity index (χ1) is 7.51. The van der Waals surface area contributed by atoms with Crippen molar-refractivity contribution in [3.8, 4) is 0 Å². The second kappa shape index (κ2) is 6.00. The molecular formula is C14H20OS. The molecule has 0 aliphatic rings. The molecule has 0 aliphatic carbocycles. The number of benzene rings is 1. The zero-order valence-electron chi connectivity index (χ0n) is 10.5. The SMILES string of the molecule is CC/C(=C/Sc1ccccc1)OC(C)(C)C. The lowest BCUT2D eigenvalue weighted by Crippen LogP contribution is -2.18. The van der Waals surface area contributed by atoms with Gasteiger partial charge in [0.05, 0.1) is 0 Å². The Kier molecular flexibility index (Phi) is 4.94. The molecular weight excluding hydrogens is 216 g/mol. The third kappa shape index (κ3) is 5.26. The minimum atomic E-state index is -0.112. The lowest BCUT2D eigenvalue weighted by atomic mass is 10.2. The van der Waals surface area contributed by atoms with Crippen LogP contribution in [0.25, 0.3) is 0 Å². The first-order valence-electron chi connectivity index (χ1n) is 5.61. The van der Waals surface area contributed by atoms with E-state index in [1.54, 1.807) is 11.8 Å². The van der Waals surface area contributed by atoms with Crippen molar-refractivity contribution < 1.29 is 4.74 Å². The summed E-state index contributed by atoms with van der Waals surface area (Å²) < 4.78 is 5.85. The molecule has 0 bridgehead atoms. The van der Waals surface area contributed by atoms with E-state index < -0.39 is 0 Å². The Labute approximate surface area is 103 Å². The largest absolute Gasteiger partial charge is 0.492 e. The van der Waals surface area contributed by atoms with Gasteiger partial charge in [-0.3, -0.25) is 0 Å². The van der Waals surface area contributed by atoms with Gasteiger partial charge in [0.25, 0.3) is 0 Å². The van der Waals surface area contributed by atoms with Gasteiger partial charge in [-0.2, -0.15) is 0 Å². The number of hydrogen-bond donors (Lipinski definition) is 0. The van der Waals surface area contributed by atoms with Gasteiger partial charge in [-0.15, -0.1) is 0 Å². The van der Waals surface area contributed by atoms with E-state index in [9.17, 15) is 0 Å². The highest BCUT2D eigenvalue weighted by molar-refractivity contribution is 8.02. The van der Waals surface area contributed by atoms with Gasteiger partial charge in [-0.05, 0) is 32.9 Å². The van der Waals surface area contributed by atoms with Gasteiger partial charge in [0.15, 0.2) is 0 Å². The Bertz CT molecular complexity index is 336. The van der Waals surface area contributed by atoms with Gasteiger partial charge in [-0.25, -0.2) is 0 Å². The fraction of sp³-hybridized carbons (Fsp3) is 0.429. The van der Waals surface area contributed by atoms with E-state index in [4.69, 9.17) is 4.74 Å². The molecule has 88 valence electrons. The van der Waals surface area contributed by atoms with Gasteiger partial charge < -0.3 is 4.74 Å². The summed E-state index contributed by atoms with van der Waals surface area (Å²) in [6, 6.07) is 10.3. The van der Waals surface area contributed by atoms with Crippen LogP contribution < -0.4 is 0 Å². The number of ether oxygens (including phenoxy) is 1. The molecule has 1 aromatic rings. The molecule has 0 N–H and O–H groups in total. The summed E-state index contributed by atoms with van der Waals surface area (Å²) in [5, 5.41) is 2.10. The molecule has 0 fully saturated rings. The van der Waals surface area contributed by atoms with Crippen LogP contribution >= 0.6 is 11.8 Å². The van der Waals surface area contributed by atoms with Crippen LogP contribution in [0.3, 0.4) is 0 Å². The minimum absolute atomic E-state index is 0.112. The standard InChI is InChI=1S/C14H20OS/c1-5-12(15-14(2,3)4)11-16-13-9-7-6-8-10-13/h6-11H,5H2,1-4H3/b12-11-. The third-order valence-corrected chi connectivity index (χ3v) is 2.78. The van der Waals surface area contributed by atoms with Gasteiger partial charge in [-0.1, -0.05) is 36.9 Å². The molecule has 0 radical (unpaired) electrons. The summed E-state index contributed by atoms with van der Waals surface area (Å²) >= 11 is 1.71. The maximum absolute atomic E-state index is 5.85. The normalized spacial score (nSPS) is 12.6. The highest BCUT2D eigenvalue weighted by Gasteiger charge is 2.12. The van der Waals surface area contributed by atoms with E-state index in [-0.39, 0.29) is 5.60 Å². The van der Waals surface area contributed by atoms with E-state index in [0.29, 0.717) is 0 Å². The van der Waals surface area contributed by atoms with Gasteiger partial charge in [0, 0.05) is 16.7 Å². The van der Waals surface area contributed by atoms with Crippen LogP contribution in [0, 0.1) is 0 Å². The minimum Gasteiger partial charge on any atom is -0.492 e. The third-order valence-electron chi connectivity index (χ3n) is 1.86. The first kappa shape index (κ1) is 13.2. The molecule has 0 aliphatic heterocycles. The molecule has 1 aromatic carbocycles. The number of allylic oxidation sites excluding steroid dienone is 1. The van der Waals surface area contributed by atoms with Crippen molar-refractivity contribution in [3.63, 3.8) is 0 Å². The van der Waals surface area contributed by atoms with Crippen LogP contribution in [0.15, 0.2) is 46.4 Å². The second-order valence-corrected chi connectivity index (χ2v) is 5.53. The quantitative estimate of drug-likeness (QED) is 0.546. The monoisotopic (exact) mass is 236 g/mol. The van der Waals surface area contributed by atoms with Crippen LogP contribution in [-0.2, 0) is 4.74 Å². The van der Waals surface area contributed by atoms with Crippen molar-refractivity contribution in [1.82, 2.24) is 0 Å². The molecule has 0 spiro atoms. The summed E-state index contributed by atoms with van der Waals surface area (Å²) in [6.07, 6.45) is 0.928. The van der Waals surface area contributed by atoms with Crippen LogP contribution in [0.5, 0.6) is 0 Å². The lowest BCUT2D eigenvalue weighted by molar-refractivity contribution is 0.0486. The van der Waals surface area contributed by atoms with Crippen LogP contribution in [0.4, 0.5) is 0 Å². The van der Waals surface area contributed by atoms with Crippen molar-refractivity contribution in [2.45, 2.75) is 44.6 Å². The molecule has 0 saturated carbocycles. The Morgan fingerprint density at radius 3 is 2.38 bits per heavy atom. The van der Waals surface area contributed by atoms with Gasteiger partial charge >= 0.3 is 0 Å². The van der Waals surface area contributed by atoms with E-state index >= 15 is 0 Å². The smallest absolute Gasteiger partial charge is 0.103 e. The predicted octanol–water partition coefficient (Wildman–Crippen LogP) is 4.85. The Morgan fingerprint density at radius 2 is 1.88 bits per heavy atom. The summed E-state index contributed by atoms with van der Waals surface area (Å²) in [5.74, 6) is 1.04. The average molecular weight is 236 g/mol. The molecule has 0 heterocycles. The van der Waals surface area contributed by atoms with E-state index in [1.807, 2.05) is 18.2 Å². The van der Waals surface area contributed by atoms with Crippen molar-refractivity contribution >= 4 is 11.8 Å². The molecule has 0 unspecified atom stereocenters. The number of thioether (sulfide) groups is 1. The highest BCUT2D eigenvalue weighted by atomic mass is 32.2. The summed E-state index contributed by atoms with van der Waals surface area (Å²) in [4.78, 5) is 1.24. The van der Waals surface area contributed by atoms with E-state index in [1.165, 1.54) is 4.90 Å². The fourth-order valence-electron chi connectivity index (χ4n) is 1.21. The maximum Gasteiger partial charge on any atom is 0.103 e. The molecule has 0 atom stereocenters. The number of hydrogen-bond acceptors (Lipinski definition) is 2. The first-order valence-corrected chi connectivity index (χ1v) is 6.49. The Balaban J connectivity index is 2.60. The summed E-state index contributed by atoms with van der Waals surface area (Å²) in [7, 11) is 0. The van der Waals surface area contributed by atoms with E-state index in [0.717, 1.165) is 12.2 Å². The van der Waals surface area contributed by atoms with Crippen molar-refractivity contribution in [3.05, 3.63) is 41.5 Å².